The SMILES string of the molecule is CC(O)C(NC(=O)C(CO)NC(=O)C(N)CCCCN)C(=O)NC(CS)C(=O)O. The molecule has 13 heteroatoms. The van der Waals surface area contributed by atoms with Gasteiger partial charge in [-0.05, 0) is 26.3 Å². The van der Waals surface area contributed by atoms with Gasteiger partial charge in [0.2, 0.25) is 17.7 Å². The van der Waals surface area contributed by atoms with Gasteiger partial charge in [0.1, 0.15) is 18.1 Å². The molecule has 168 valence electrons. The van der Waals surface area contributed by atoms with Crippen LogP contribution in [0.3, 0.4) is 0 Å². The summed E-state index contributed by atoms with van der Waals surface area (Å²) in [5, 5.41) is 34.7. The van der Waals surface area contributed by atoms with E-state index in [2.05, 4.69) is 28.6 Å². The molecule has 0 fully saturated rings. The summed E-state index contributed by atoms with van der Waals surface area (Å²) in [4.78, 5) is 47.6. The average Bonchev–Trinajstić information content (AvgIpc) is 2.67. The molecule has 12 nitrogen and oxygen atoms in total. The maximum Gasteiger partial charge on any atom is 0.327 e. The number of aliphatic hydroxyl groups excluding tert-OH is 2. The van der Waals surface area contributed by atoms with Crippen LogP contribution in [0.4, 0.5) is 0 Å². The number of rotatable bonds is 14. The lowest BCUT2D eigenvalue weighted by atomic mass is 10.1. The van der Waals surface area contributed by atoms with Gasteiger partial charge in [-0.3, -0.25) is 14.4 Å². The number of unbranched alkanes of at least 4 members (excludes halogenated alkanes) is 1. The first-order valence-corrected chi connectivity index (χ1v) is 9.71. The van der Waals surface area contributed by atoms with Crippen molar-refractivity contribution in [3.63, 3.8) is 0 Å². The van der Waals surface area contributed by atoms with Gasteiger partial charge in [0.15, 0.2) is 0 Å². The summed E-state index contributed by atoms with van der Waals surface area (Å²) in [5.74, 6) is -4.13. The molecule has 0 bridgehead atoms. The van der Waals surface area contributed by atoms with Crippen molar-refractivity contribution in [2.75, 3.05) is 18.9 Å². The Morgan fingerprint density at radius 1 is 1.00 bits per heavy atom. The van der Waals surface area contributed by atoms with Crippen LogP contribution in [0.2, 0.25) is 0 Å². The van der Waals surface area contributed by atoms with Crippen molar-refractivity contribution >= 4 is 36.3 Å². The Hall–Kier alpha value is -1.93. The van der Waals surface area contributed by atoms with Crippen LogP contribution < -0.4 is 27.4 Å². The molecule has 3 amide bonds. The van der Waals surface area contributed by atoms with Gasteiger partial charge in [-0.25, -0.2) is 4.79 Å². The molecule has 0 spiro atoms. The Balaban J connectivity index is 4.98. The molecule has 0 aliphatic rings. The Kier molecular flexibility index (Phi) is 13.2. The zero-order valence-corrected chi connectivity index (χ0v) is 17.1. The van der Waals surface area contributed by atoms with E-state index in [1.165, 1.54) is 6.92 Å². The highest BCUT2D eigenvalue weighted by Crippen LogP contribution is 2.01. The normalized spacial score (nSPS) is 16.1. The van der Waals surface area contributed by atoms with Crippen LogP contribution in [0, 0.1) is 0 Å². The van der Waals surface area contributed by atoms with Gasteiger partial charge in [-0.1, -0.05) is 6.42 Å². The highest BCUT2D eigenvalue weighted by Gasteiger charge is 2.32. The van der Waals surface area contributed by atoms with Crippen molar-refractivity contribution in [2.45, 2.75) is 56.5 Å². The number of hydrogen-bond acceptors (Lipinski definition) is 9. The molecule has 0 aliphatic carbocycles. The highest BCUT2D eigenvalue weighted by molar-refractivity contribution is 7.80. The van der Waals surface area contributed by atoms with E-state index in [9.17, 15) is 29.4 Å². The summed E-state index contributed by atoms with van der Waals surface area (Å²) in [6.07, 6.45) is 0.241. The average molecular weight is 438 g/mol. The van der Waals surface area contributed by atoms with E-state index in [1.807, 2.05) is 0 Å². The summed E-state index contributed by atoms with van der Waals surface area (Å²) in [5.41, 5.74) is 11.1. The topological polar surface area (TPSA) is 217 Å². The number of hydrogen-bond donors (Lipinski definition) is 9. The standard InChI is InChI=1S/C16H31N5O7S/c1-8(23)12(15(26)20-11(7-29)16(27)28)21-14(25)10(6-22)19-13(24)9(18)4-2-3-5-17/h8-12,22-23,29H,2-7,17-18H2,1H3,(H,19,24)(H,20,26)(H,21,25)(H,27,28). The molecule has 0 aromatic heterocycles. The van der Waals surface area contributed by atoms with Gasteiger partial charge >= 0.3 is 5.97 Å². The van der Waals surface area contributed by atoms with E-state index >= 15 is 0 Å². The largest absolute Gasteiger partial charge is 0.480 e. The Morgan fingerprint density at radius 2 is 1.59 bits per heavy atom. The smallest absolute Gasteiger partial charge is 0.327 e. The van der Waals surface area contributed by atoms with Gasteiger partial charge in [0.25, 0.3) is 0 Å². The molecule has 5 unspecified atom stereocenters. The van der Waals surface area contributed by atoms with Crippen molar-refractivity contribution in [3.8, 4) is 0 Å². The number of thiol groups is 1. The number of amides is 3. The van der Waals surface area contributed by atoms with E-state index in [0.29, 0.717) is 25.8 Å². The first-order valence-electron chi connectivity index (χ1n) is 9.08. The molecule has 29 heavy (non-hydrogen) atoms. The molecule has 0 saturated heterocycles. The molecule has 5 atom stereocenters. The summed E-state index contributed by atoms with van der Waals surface area (Å²) >= 11 is 3.81. The number of carboxylic acids is 1. The molecule has 0 aromatic carbocycles. The summed E-state index contributed by atoms with van der Waals surface area (Å²) in [6.45, 7) is 0.880. The molecular weight excluding hydrogens is 406 g/mol. The number of nitrogens with two attached hydrogens (primary N) is 2. The van der Waals surface area contributed by atoms with Crippen LogP contribution >= 0.6 is 12.6 Å². The lowest BCUT2D eigenvalue weighted by Gasteiger charge is -2.25. The Labute approximate surface area is 174 Å². The minimum atomic E-state index is -1.52. The second-order valence-electron chi connectivity index (χ2n) is 6.44. The fraction of sp³-hybridized carbons (Fsp3) is 0.750. The van der Waals surface area contributed by atoms with E-state index in [-0.39, 0.29) is 5.75 Å². The van der Waals surface area contributed by atoms with Gasteiger partial charge < -0.3 is 42.7 Å². The molecular formula is C16H31N5O7S. The number of nitrogens with one attached hydrogen (secondary N) is 3. The maximum atomic E-state index is 12.3. The zero-order chi connectivity index (χ0) is 22.6. The number of carboxylic acid groups (broad SMARTS) is 1. The predicted octanol–water partition coefficient (Wildman–Crippen LogP) is -3.72. The molecule has 0 radical (unpaired) electrons. The van der Waals surface area contributed by atoms with E-state index < -0.39 is 60.6 Å². The highest BCUT2D eigenvalue weighted by atomic mass is 32.1. The van der Waals surface area contributed by atoms with E-state index in [4.69, 9.17) is 16.6 Å². The van der Waals surface area contributed by atoms with Crippen LogP contribution in [0.15, 0.2) is 0 Å². The fourth-order valence-corrected chi connectivity index (χ4v) is 2.47. The number of aliphatic hydroxyl groups is 2. The first kappa shape index (κ1) is 27.1. The minimum Gasteiger partial charge on any atom is -0.480 e. The summed E-state index contributed by atoms with van der Waals surface area (Å²) < 4.78 is 0. The number of carbonyl (C=O) groups is 4. The molecule has 0 aromatic rings. The Morgan fingerprint density at radius 3 is 2.03 bits per heavy atom. The third kappa shape index (κ3) is 9.89. The van der Waals surface area contributed by atoms with Crippen molar-refractivity contribution in [3.05, 3.63) is 0 Å². The molecule has 0 rings (SSSR count). The second kappa shape index (κ2) is 14.1. The monoisotopic (exact) mass is 437 g/mol. The van der Waals surface area contributed by atoms with Gasteiger partial charge in [0.05, 0.1) is 18.8 Å². The van der Waals surface area contributed by atoms with Gasteiger partial charge in [-0.15, -0.1) is 0 Å². The fourth-order valence-electron chi connectivity index (χ4n) is 2.22. The third-order valence-corrected chi connectivity index (χ3v) is 4.35. The van der Waals surface area contributed by atoms with Crippen molar-refractivity contribution in [2.24, 2.45) is 11.5 Å². The lowest BCUT2D eigenvalue weighted by molar-refractivity contribution is -0.142. The quantitative estimate of drug-likeness (QED) is 0.0962. The Bertz CT molecular complexity index is 564. The van der Waals surface area contributed by atoms with Crippen LogP contribution in [0.1, 0.15) is 26.2 Å². The van der Waals surface area contributed by atoms with Crippen molar-refractivity contribution in [1.82, 2.24) is 16.0 Å². The lowest BCUT2D eigenvalue weighted by Crippen LogP contribution is -2.60. The van der Waals surface area contributed by atoms with Crippen LogP contribution in [0.5, 0.6) is 0 Å². The van der Waals surface area contributed by atoms with Crippen molar-refractivity contribution < 1.29 is 34.5 Å². The second-order valence-corrected chi connectivity index (χ2v) is 6.81. The van der Waals surface area contributed by atoms with Gasteiger partial charge in [0, 0.05) is 5.75 Å². The third-order valence-electron chi connectivity index (χ3n) is 3.98. The molecule has 0 heterocycles. The van der Waals surface area contributed by atoms with Crippen LogP contribution in [-0.4, -0.2) is 88.2 Å². The molecule has 10 N–H and O–H groups in total. The van der Waals surface area contributed by atoms with Crippen LogP contribution in [-0.2, 0) is 19.2 Å². The van der Waals surface area contributed by atoms with Crippen molar-refractivity contribution in [1.29, 1.82) is 0 Å². The van der Waals surface area contributed by atoms with Crippen LogP contribution in [0.25, 0.3) is 0 Å². The zero-order valence-electron chi connectivity index (χ0n) is 16.2. The number of aliphatic carboxylic acids is 1. The predicted molar refractivity (Wildman–Crippen MR) is 107 cm³/mol. The summed E-state index contributed by atoms with van der Waals surface area (Å²) in [7, 11) is 0. The maximum absolute atomic E-state index is 12.3. The van der Waals surface area contributed by atoms with Gasteiger partial charge in [-0.2, -0.15) is 12.6 Å². The molecule has 0 saturated carbocycles. The molecule has 0 aliphatic heterocycles. The number of carbonyl (C=O) groups excluding carboxylic acids is 3. The van der Waals surface area contributed by atoms with E-state index in [1.54, 1.807) is 0 Å². The minimum absolute atomic E-state index is 0.209. The van der Waals surface area contributed by atoms with E-state index in [0.717, 1.165) is 0 Å². The summed E-state index contributed by atoms with van der Waals surface area (Å²) in [6, 6.07) is -5.18. The first-order chi connectivity index (χ1) is 13.6.